The van der Waals surface area contributed by atoms with Gasteiger partial charge in [-0.25, -0.2) is 0 Å². The monoisotopic (exact) mass is 312 g/mol. The Morgan fingerprint density at radius 1 is 1.15 bits per heavy atom. The van der Waals surface area contributed by atoms with Crippen LogP contribution in [0, 0.1) is 0 Å². The summed E-state index contributed by atoms with van der Waals surface area (Å²) in [5.41, 5.74) is -0.614. The Morgan fingerprint density at radius 3 is 2.50 bits per heavy atom. The van der Waals surface area contributed by atoms with Crippen LogP contribution in [0.2, 0.25) is 0 Å². The van der Waals surface area contributed by atoms with Crippen LogP contribution in [0.15, 0.2) is 24.3 Å². The number of benzene rings is 1. The Kier molecular flexibility index (Phi) is 7.59. The molecule has 0 spiro atoms. The fraction of sp³-hybridized carbons (Fsp3) is 0.538. The SMILES string of the molecule is COC1CCCC(Oc2cccc([B-](F)(F)F)c2)C1.[K+]. The van der Waals surface area contributed by atoms with Gasteiger partial charge in [0.2, 0.25) is 0 Å². The van der Waals surface area contributed by atoms with Gasteiger partial charge in [0, 0.05) is 13.5 Å². The molecule has 0 N–H and O–H groups in total. The molecule has 2 nitrogen and oxygen atoms in total. The summed E-state index contributed by atoms with van der Waals surface area (Å²) >= 11 is 0. The van der Waals surface area contributed by atoms with Crippen molar-refractivity contribution < 1.29 is 73.8 Å². The maximum atomic E-state index is 12.7. The zero-order valence-electron chi connectivity index (χ0n) is 11.8. The average molecular weight is 312 g/mol. The van der Waals surface area contributed by atoms with Gasteiger partial charge in [0.25, 0.3) is 0 Å². The first-order chi connectivity index (χ1) is 8.99. The third-order valence-electron chi connectivity index (χ3n) is 3.45. The van der Waals surface area contributed by atoms with E-state index in [0.29, 0.717) is 5.75 Å². The van der Waals surface area contributed by atoms with Crippen LogP contribution >= 0.6 is 0 Å². The van der Waals surface area contributed by atoms with E-state index in [0.717, 1.165) is 37.8 Å². The van der Waals surface area contributed by atoms with Crippen molar-refractivity contribution in [1.82, 2.24) is 0 Å². The first-order valence-electron chi connectivity index (χ1n) is 6.48. The summed E-state index contributed by atoms with van der Waals surface area (Å²) in [6, 6.07) is 5.11. The van der Waals surface area contributed by atoms with Gasteiger partial charge in [0.1, 0.15) is 11.9 Å². The Hall–Kier alpha value is 0.471. The summed E-state index contributed by atoms with van der Waals surface area (Å²) in [5.74, 6) is 0.290. The first kappa shape index (κ1) is 18.5. The van der Waals surface area contributed by atoms with E-state index >= 15 is 0 Å². The summed E-state index contributed by atoms with van der Waals surface area (Å²) < 4.78 is 48.9. The molecule has 0 bridgehead atoms. The topological polar surface area (TPSA) is 18.5 Å². The molecule has 2 atom stereocenters. The van der Waals surface area contributed by atoms with Crippen molar-refractivity contribution in [1.29, 1.82) is 0 Å². The minimum atomic E-state index is -4.97. The zero-order valence-corrected chi connectivity index (χ0v) is 14.9. The third-order valence-corrected chi connectivity index (χ3v) is 3.45. The van der Waals surface area contributed by atoms with Gasteiger partial charge in [0.05, 0.1) is 6.10 Å². The maximum Gasteiger partial charge on any atom is 1.00 e. The summed E-state index contributed by atoms with van der Waals surface area (Å²) in [6.07, 6.45) is 3.65. The molecule has 1 aliphatic carbocycles. The number of rotatable bonds is 4. The van der Waals surface area contributed by atoms with Crippen molar-refractivity contribution in [3.8, 4) is 5.75 Å². The van der Waals surface area contributed by atoms with Gasteiger partial charge >= 0.3 is 58.4 Å². The molecule has 1 aromatic carbocycles. The van der Waals surface area contributed by atoms with Crippen LogP contribution in [0.5, 0.6) is 5.75 Å². The van der Waals surface area contributed by atoms with E-state index in [4.69, 9.17) is 9.47 Å². The van der Waals surface area contributed by atoms with Crippen LogP contribution in [0.4, 0.5) is 12.9 Å². The average Bonchev–Trinajstić information content (AvgIpc) is 2.38. The van der Waals surface area contributed by atoms with E-state index in [1.807, 2.05) is 0 Å². The maximum absolute atomic E-state index is 12.7. The number of halogens is 3. The summed E-state index contributed by atoms with van der Waals surface area (Å²) in [4.78, 5) is 0. The van der Waals surface area contributed by atoms with Crippen LogP contribution < -0.4 is 61.6 Å². The van der Waals surface area contributed by atoms with E-state index in [1.165, 1.54) is 6.07 Å². The first-order valence-corrected chi connectivity index (χ1v) is 6.48. The molecular weight excluding hydrogens is 295 g/mol. The van der Waals surface area contributed by atoms with Gasteiger partial charge in [0.15, 0.2) is 0 Å². The van der Waals surface area contributed by atoms with Crippen molar-refractivity contribution in [3.05, 3.63) is 24.3 Å². The van der Waals surface area contributed by atoms with Crippen molar-refractivity contribution >= 4 is 12.4 Å². The second-order valence-electron chi connectivity index (χ2n) is 4.91. The van der Waals surface area contributed by atoms with Gasteiger partial charge < -0.3 is 22.4 Å². The molecule has 7 heteroatoms. The van der Waals surface area contributed by atoms with Crippen molar-refractivity contribution in [2.24, 2.45) is 0 Å². The normalized spacial score (nSPS) is 23.0. The molecular formula is C13H17BF3KO2. The Bertz CT molecular complexity index is 428. The van der Waals surface area contributed by atoms with Gasteiger partial charge in [-0.05, 0) is 31.4 Å². The summed E-state index contributed by atoms with van der Waals surface area (Å²) in [5, 5.41) is 0. The Balaban J connectivity index is 0.00000200. The molecule has 2 rings (SSSR count). The smallest absolute Gasteiger partial charge is 0.490 e. The quantitative estimate of drug-likeness (QED) is 0.733. The van der Waals surface area contributed by atoms with Crippen LogP contribution in [0.3, 0.4) is 0 Å². The third kappa shape index (κ3) is 5.35. The summed E-state index contributed by atoms with van der Waals surface area (Å²) in [7, 11) is 1.65. The predicted octanol–water partition coefficient (Wildman–Crippen LogP) is 0.0814. The van der Waals surface area contributed by atoms with E-state index < -0.39 is 12.4 Å². The molecule has 20 heavy (non-hydrogen) atoms. The van der Waals surface area contributed by atoms with Crippen LogP contribution in [0.25, 0.3) is 0 Å². The molecule has 0 saturated heterocycles. The predicted molar refractivity (Wildman–Crippen MR) is 68.8 cm³/mol. The molecule has 0 aromatic heterocycles. The molecule has 2 unspecified atom stereocenters. The van der Waals surface area contributed by atoms with E-state index in [9.17, 15) is 12.9 Å². The molecule has 1 fully saturated rings. The number of hydrogen-bond acceptors (Lipinski definition) is 2. The molecule has 1 saturated carbocycles. The van der Waals surface area contributed by atoms with Crippen LogP contribution in [0.1, 0.15) is 25.7 Å². The fourth-order valence-corrected chi connectivity index (χ4v) is 2.41. The second kappa shape index (κ2) is 8.20. The van der Waals surface area contributed by atoms with Gasteiger partial charge in [-0.3, -0.25) is 0 Å². The van der Waals surface area contributed by atoms with Crippen molar-refractivity contribution in [3.63, 3.8) is 0 Å². The molecule has 1 aliphatic rings. The molecule has 0 aliphatic heterocycles. The molecule has 0 heterocycles. The minimum Gasteiger partial charge on any atom is -0.490 e. The van der Waals surface area contributed by atoms with Crippen LogP contribution in [-0.4, -0.2) is 26.3 Å². The molecule has 106 valence electrons. The van der Waals surface area contributed by atoms with Crippen LogP contribution in [-0.2, 0) is 4.74 Å². The number of ether oxygens (including phenoxy) is 2. The van der Waals surface area contributed by atoms with Crippen molar-refractivity contribution in [2.75, 3.05) is 7.11 Å². The van der Waals surface area contributed by atoms with Gasteiger partial charge in [-0.1, -0.05) is 12.1 Å². The second-order valence-corrected chi connectivity index (χ2v) is 4.91. The molecule has 0 radical (unpaired) electrons. The Labute approximate surface area is 159 Å². The molecule has 0 amide bonds. The van der Waals surface area contributed by atoms with E-state index in [2.05, 4.69) is 0 Å². The Morgan fingerprint density at radius 2 is 1.85 bits per heavy atom. The minimum absolute atomic E-state index is 0. The standard InChI is InChI=1S/C13H17BF3O2.K/c1-18-11-5-3-7-13(9-11)19-12-6-2-4-10(8-12)14(15,16)17;/h2,4,6,8,11,13H,3,5,7,9H2,1H3;/q-1;+1. The van der Waals surface area contributed by atoms with Gasteiger partial charge in [-0.2, -0.15) is 0 Å². The number of methoxy groups -OCH3 is 1. The summed E-state index contributed by atoms with van der Waals surface area (Å²) in [6.45, 7) is -4.97. The van der Waals surface area contributed by atoms with E-state index in [1.54, 1.807) is 13.2 Å². The molecule has 1 aromatic rings. The largest absolute Gasteiger partial charge is 1.00 e. The zero-order chi connectivity index (χ0) is 13.9. The number of hydrogen-bond donors (Lipinski definition) is 0. The van der Waals surface area contributed by atoms with Crippen molar-refractivity contribution in [2.45, 2.75) is 37.9 Å². The van der Waals surface area contributed by atoms with E-state index in [-0.39, 0.29) is 63.6 Å². The van der Waals surface area contributed by atoms with Gasteiger partial charge in [-0.15, -0.1) is 5.46 Å². The fourth-order valence-electron chi connectivity index (χ4n) is 2.41.